The SMILES string of the molecule is C[Si](C)(C)c1c(C(=O)O)nnn1C[C@H]1N[C@H](CO)[C@@H](O)[C@@H]1O. The largest absolute Gasteiger partial charge is 0.476 e. The Hall–Kier alpha value is -1.33. The molecule has 0 aromatic carbocycles. The fourth-order valence-electron chi connectivity index (χ4n) is 2.78. The van der Waals surface area contributed by atoms with Crippen LogP contribution in [-0.4, -0.2) is 80.4 Å². The molecule has 0 saturated carbocycles. The molecule has 0 bridgehead atoms. The summed E-state index contributed by atoms with van der Waals surface area (Å²) in [5.74, 6) is -1.13. The lowest BCUT2D eigenvalue weighted by Gasteiger charge is -2.21. The van der Waals surface area contributed by atoms with Crippen LogP contribution in [0.1, 0.15) is 10.5 Å². The Bertz CT molecular complexity index is 558. The molecule has 1 aliphatic rings. The first-order valence-corrected chi connectivity index (χ1v) is 10.6. The van der Waals surface area contributed by atoms with Gasteiger partial charge in [-0.2, -0.15) is 0 Å². The first kappa shape index (κ1) is 17.0. The molecule has 0 radical (unpaired) electrons. The van der Waals surface area contributed by atoms with Gasteiger partial charge in [0.05, 0.1) is 42.8 Å². The fraction of sp³-hybridized carbons (Fsp3) is 0.750. The molecule has 5 N–H and O–H groups in total. The molecule has 1 saturated heterocycles. The van der Waals surface area contributed by atoms with E-state index in [2.05, 4.69) is 15.6 Å². The molecule has 0 amide bonds. The molecule has 22 heavy (non-hydrogen) atoms. The van der Waals surface area contributed by atoms with Crippen molar-refractivity contribution in [1.29, 1.82) is 0 Å². The number of carboxylic acid groups (broad SMARTS) is 1. The summed E-state index contributed by atoms with van der Waals surface area (Å²) in [4.78, 5) is 11.3. The second-order valence-electron chi connectivity index (χ2n) is 6.57. The highest BCUT2D eigenvalue weighted by Gasteiger charge is 2.42. The Kier molecular flexibility index (Phi) is 4.68. The molecule has 1 fully saturated rings. The first-order chi connectivity index (χ1) is 10.2. The molecule has 1 aromatic rings. The highest BCUT2D eigenvalue weighted by atomic mass is 28.3. The lowest BCUT2D eigenvalue weighted by molar-refractivity contribution is 0.0176. The van der Waals surface area contributed by atoms with Gasteiger partial charge in [-0.15, -0.1) is 5.10 Å². The van der Waals surface area contributed by atoms with Crippen molar-refractivity contribution < 1.29 is 25.2 Å². The van der Waals surface area contributed by atoms with Crippen LogP contribution in [0.2, 0.25) is 19.6 Å². The first-order valence-electron chi connectivity index (χ1n) is 7.07. The molecule has 9 nitrogen and oxygen atoms in total. The van der Waals surface area contributed by atoms with Crippen molar-refractivity contribution in [3.05, 3.63) is 5.69 Å². The predicted molar refractivity (Wildman–Crippen MR) is 79.8 cm³/mol. The van der Waals surface area contributed by atoms with Crippen molar-refractivity contribution in [1.82, 2.24) is 20.3 Å². The average Bonchev–Trinajstić information content (AvgIpc) is 2.95. The van der Waals surface area contributed by atoms with Crippen LogP contribution in [0.25, 0.3) is 0 Å². The lowest BCUT2D eigenvalue weighted by atomic mass is 10.1. The van der Waals surface area contributed by atoms with Crippen LogP contribution in [0.5, 0.6) is 0 Å². The van der Waals surface area contributed by atoms with Crippen LogP contribution in [0.3, 0.4) is 0 Å². The maximum Gasteiger partial charge on any atom is 0.357 e. The second-order valence-corrected chi connectivity index (χ2v) is 11.5. The number of hydrogen-bond donors (Lipinski definition) is 5. The van der Waals surface area contributed by atoms with Gasteiger partial charge in [-0.3, -0.25) is 4.68 Å². The fourth-order valence-corrected chi connectivity index (χ4v) is 4.56. The smallest absolute Gasteiger partial charge is 0.357 e. The molecule has 0 unspecified atom stereocenters. The van der Waals surface area contributed by atoms with E-state index in [1.807, 2.05) is 19.6 Å². The van der Waals surface area contributed by atoms with Crippen molar-refractivity contribution in [2.45, 2.75) is 50.5 Å². The van der Waals surface area contributed by atoms with Crippen LogP contribution in [0.4, 0.5) is 0 Å². The molecule has 1 aromatic heterocycles. The van der Waals surface area contributed by atoms with Crippen LogP contribution in [-0.2, 0) is 6.54 Å². The molecule has 10 heteroatoms. The monoisotopic (exact) mass is 330 g/mol. The summed E-state index contributed by atoms with van der Waals surface area (Å²) in [5, 5.41) is 49.4. The standard InChI is InChI=1S/C12H22N4O5Si/c1-22(2,3)11-8(12(20)21)14-15-16(11)4-6-9(18)10(19)7(5-17)13-6/h6-7,9-10,13,17-19H,4-5H2,1-3H3,(H,20,21)/t6-,7-,9-,10-/m1/s1. The van der Waals surface area contributed by atoms with Gasteiger partial charge in [-0.05, 0) is 0 Å². The van der Waals surface area contributed by atoms with Crippen molar-refractivity contribution in [3.8, 4) is 0 Å². The van der Waals surface area contributed by atoms with Crippen LogP contribution in [0.15, 0.2) is 0 Å². The van der Waals surface area contributed by atoms with E-state index >= 15 is 0 Å². The number of hydrogen-bond acceptors (Lipinski definition) is 7. The summed E-state index contributed by atoms with van der Waals surface area (Å²) in [6.45, 7) is 5.83. The third kappa shape index (κ3) is 3.06. The van der Waals surface area contributed by atoms with Crippen molar-refractivity contribution in [2.75, 3.05) is 6.61 Å². The van der Waals surface area contributed by atoms with Gasteiger partial charge in [-0.25, -0.2) is 4.79 Å². The van der Waals surface area contributed by atoms with E-state index in [0.717, 1.165) is 0 Å². The Balaban J connectivity index is 2.29. The van der Waals surface area contributed by atoms with Crippen LogP contribution in [0, 0.1) is 0 Å². The van der Waals surface area contributed by atoms with Gasteiger partial charge in [0.15, 0.2) is 5.69 Å². The molecule has 4 atom stereocenters. The Labute approximate surface area is 128 Å². The van der Waals surface area contributed by atoms with E-state index in [-0.39, 0.29) is 18.8 Å². The normalized spacial score (nSPS) is 29.0. The number of rotatable bonds is 5. The van der Waals surface area contributed by atoms with E-state index < -0.39 is 38.3 Å². The highest BCUT2D eigenvalue weighted by Crippen LogP contribution is 2.16. The maximum absolute atomic E-state index is 11.3. The minimum atomic E-state index is -2.03. The Morgan fingerprint density at radius 2 is 1.86 bits per heavy atom. The summed E-state index contributed by atoms with van der Waals surface area (Å²) >= 11 is 0. The van der Waals surface area contributed by atoms with Gasteiger partial charge in [-0.1, -0.05) is 24.9 Å². The van der Waals surface area contributed by atoms with Crippen molar-refractivity contribution in [3.63, 3.8) is 0 Å². The quantitative estimate of drug-likeness (QED) is 0.376. The topological polar surface area (TPSA) is 141 Å². The zero-order valence-corrected chi connectivity index (χ0v) is 13.8. The van der Waals surface area contributed by atoms with E-state index in [4.69, 9.17) is 5.11 Å². The predicted octanol–water partition coefficient (Wildman–Crippen LogP) is -2.42. The number of carbonyl (C=O) groups is 1. The number of aliphatic hydroxyl groups is 3. The summed E-state index contributed by atoms with van der Waals surface area (Å²) < 4.78 is 1.49. The second kappa shape index (κ2) is 6.05. The van der Waals surface area contributed by atoms with Gasteiger partial charge in [0, 0.05) is 0 Å². The number of aliphatic hydroxyl groups excluding tert-OH is 3. The van der Waals surface area contributed by atoms with E-state index in [1.54, 1.807) is 0 Å². The average molecular weight is 330 g/mol. The summed E-state index contributed by atoms with van der Waals surface area (Å²) in [5.41, 5.74) is -0.0640. The van der Waals surface area contributed by atoms with E-state index in [9.17, 15) is 20.1 Å². The number of nitrogens with zero attached hydrogens (tertiary/aromatic N) is 3. The highest BCUT2D eigenvalue weighted by molar-refractivity contribution is 6.88. The van der Waals surface area contributed by atoms with Gasteiger partial charge in [0.25, 0.3) is 0 Å². The summed E-state index contributed by atoms with van der Waals surface area (Å²) in [6.07, 6.45) is -2.14. The molecular weight excluding hydrogens is 308 g/mol. The molecule has 2 rings (SSSR count). The third-order valence-corrected chi connectivity index (χ3v) is 5.73. The zero-order valence-electron chi connectivity index (χ0n) is 12.8. The van der Waals surface area contributed by atoms with E-state index in [0.29, 0.717) is 5.32 Å². The number of aromatic nitrogens is 3. The minimum Gasteiger partial charge on any atom is -0.476 e. The van der Waals surface area contributed by atoms with E-state index in [1.165, 1.54) is 4.68 Å². The van der Waals surface area contributed by atoms with Crippen molar-refractivity contribution >= 4 is 19.4 Å². The van der Waals surface area contributed by atoms with Gasteiger partial charge in [0.1, 0.15) is 8.07 Å². The Morgan fingerprint density at radius 1 is 1.27 bits per heavy atom. The number of nitrogens with one attached hydrogen (secondary N) is 1. The number of aromatic carboxylic acids is 1. The zero-order chi connectivity index (χ0) is 16.7. The lowest BCUT2D eigenvalue weighted by Crippen LogP contribution is -2.49. The van der Waals surface area contributed by atoms with Gasteiger partial charge in [0.2, 0.25) is 0 Å². The Morgan fingerprint density at radius 3 is 2.32 bits per heavy atom. The van der Waals surface area contributed by atoms with Gasteiger partial charge < -0.3 is 25.7 Å². The molecule has 124 valence electrons. The minimum absolute atomic E-state index is 0.0640. The maximum atomic E-state index is 11.3. The molecule has 0 aliphatic carbocycles. The molecular formula is C12H22N4O5Si. The third-order valence-electron chi connectivity index (χ3n) is 3.82. The summed E-state index contributed by atoms with van der Waals surface area (Å²) in [6, 6.07) is -1.15. The number of carboxylic acids is 1. The molecule has 0 spiro atoms. The van der Waals surface area contributed by atoms with Crippen LogP contribution >= 0.6 is 0 Å². The summed E-state index contributed by atoms with van der Waals surface area (Å²) in [7, 11) is -2.03. The van der Waals surface area contributed by atoms with Crippen LogP contribution < -0.4 is 10.6 Å². The van der Waals surface area contributed by atoms with Crippen molar-refractivity contribution in [2.24, 2.45) is 0 Å². The molecule has 2 heterocycles. The van der Waals surface area contributed by atoms with Gasteiger partial charge >= 0.3 is 5.97 Å². The molecule has 1 aliphatic heterocycles.